The Hall–Kier alpha value is -4.46. The molecule has 0 spiro atoms. The minimum atomic E-state index is -0.219. The van der Waals surface area contributed by atoms with Gasteiger partial charge in [-0.05, 0) is 42.0 Å². The molecule has 0 fully saturated rings. The molecule has 2 aliphatic heterocycles. The minimum absolute atomic E-state index is 0.0669. The summed E-state index contributed by atoms with van der Waals surface area (Å²) >= 11 is 0. The van der Waals surface area contributed by atoms with E-state index in [4.69, 9.17) is 18.9 Å². The van der Waals surface area contributed by atoms with Crippen LogP contribution >= 0.6 is 0 Å². The molecule has 0 radical (unpaired) electrons. The number of pyridine rings is 1. The molecular formula is C29H26N2O6. The second kappa shape index (κ2) is 9.89. The Labute approximate surface area is 213 Å². The summed E-state index contributed by atoms with van der Waals surface area (Å²) in [6, 6.07) is 20.7. The topological polar surface area (TPSA) is 88.0 Å². The van der Waals surface area contributed by atoms with Crippen molar-refractivity contribution in [3.8, 4) is 23.0 Å². The van der Waals surface area contributed by atoms with E-state index in [1.54, 1.807) is 6.07 Å². The molecule has 2 aliphatic rings. The molecule has 0 aliphatic carbocycles. The molecule has 1 aromatic heterocycles. The third-order valence-electron chi connectivity index (χ3n) is 6.43. The van der Waals surface area contributed by atoms with E-state index in [1.807, 2.05) is 60.7 Å². The van der Waals surface area contributed by atoms with E-state index in [0.29, 0.717) is 67.1 Å². The van der Waals surface area contributed by atoms with Crippen molar-refractivity contribution in [3.05, 3.63) is 88.2 Å². The number of rotatable bonds is 7. The van der Waals surface area contributed by atoms with Crippen LogP contribution in [0, 0.1) is 0 Å². The molecule has 8 nitrogen and oxygen atoms in total. The van der Waals surface area contributed by atoms with E-state index in [-0.39, 0.29) is 24.3 Å². The smallest absolute Gasteiger partial charge is 0.256 e. The predicted octanol–water partition coefficient (Wildman–Crippen LogP) is 3.97. The number of carbonyl (C=O) groups excluding carboxylic acids is 1. The number of Topliss-reactive ketones (excluding diaryl/α,β-unsaturated/α-hetero) is 1. The third-order valence-corrected chi connectivity index (χ3v) is 6.43. The SMILES string of the molecule is O=C(Cc1ccc2c(c1)OCCO2)Cn1c(=O)c(CNc2ccccc2)cc2cc3c(cc21)OCCO3. The Kier molecular flexibility index (Phi) is 6.14. The van der Waals surface area contributed by atoms with E-state index in [9.17, 15) is 9.59 Å². The van der Waals surface area contributed by atoms with Gasteiger partial charge in [-0.1, -0.05) is 24.3 Å². The summed E-state index contributed by atoms with van der Waals surface area (Å²) in [5.41, 5.74) is 2.68. The highest BCUT2D eigenvalue weighted by atomic mass is 16.6. The molecule has 0 bridgehead atoms. The van der Waals surface area contributed by atoms with Gasteiger partial charge in [0, 0.05) is 35.7 Å². The van der Waals surface area contributed by atoms with Crippen LogP contribution in [0.4, 0.5) is 5.69 Å². The minimum Gasteiger partial charge on any atom is -0.486 e. The average molecular weight is 499 g/mol. The molecule has 8 heteroatoms. The van der Waals surface area contributed by atoms with Crippen LogP contribution in [-0.2, 0) is 24.3 Å². The summed E-state index contributed by atoms with van der Waals surface area (Å²) in [5.74, 6) is 2.42. The van der Waals surface area contributed by atoms with Crippen molar-refractivity contribution in [2.45, 2.75) is 19.5 Å². The summed E-state index contributed by atoms with van der Waals surface area (Å²) in [4.78, 5) is 26.8. The third kappa shape index (κ3) is 4.82. The lowest BCUT2D eigenvalue weighted by molar-refractivity contribution is -0.119. The number of hydrogen-bond acceptors (Lipinski definition) is 7. The van der Waals surface area contributed by atoms with Gasteiger partial charge in [0.05, 0.1) is 12.1 Å². The van der Waals surface area contributed by atoms with Crippen molar-refractivity contribution in [1.82, 2.24) is 4.57 Å². The standard InChI is InChI=1S/C29H26N2O6/c32-23(12-19-6-7-25-26(13-19)35-9-8-34-25)18-31-24-16-28-27(36-10-11-37-28)15-20(24)14-21(29(31)33)17-30-22-4-2-1-3-5-22/h1-7,13-16,30H,8-12,17-18H2. The van der Waals surface area contributed by atoms with E-state index in [1.165, 1.54) is 4.57 Å². The second-order valence-corrected chi connectivity index (χ2v) is 9.03. The Bertz CT molecular complexity index is 1530. The molecule has 0 amide bonds. The molecule has 0 atom stereocenters. The number of aromatic nitrogens is 1. The molecule has 4 aromatic rings. The molecule has 37 heavy (non-hydrogen) atoms. The number of ether oxygens (including phenoxy) is 4. The van der Waals surface area contributed by atoms with Crippen LogP contribution in [0.3, 0.4) is 0 Å². The highest BCUT2D eigenvalue weighted by Crippen LogP contribution is 2.35. The van der Waals surface area contributed by atoms with Crippen molar-refractivity contribution in [2.24, 2.45) is 0 Å². The van der Waals surface area contributed by atoms with Gasteiger partial charge < -0.3 is 28.8 Å². The fourth-order valence-corrected chi connectivity index (χ4v) is 4.67. The zero-order valence-electron chi connectivity index (χ0n) is 20.2. The van der Waals surface area contributed by atoms with Crippen LogP contribution < -0.4 is 29.8 Å². The van der Waals surface area contributed by atoms with Crippen molar-refractivity contribution in [2.75, 3.05) is 31.7 Å². The number of nitrogens with one attached hydrogen (secondary N) is 1. The van der Waals surface area contributed by atoms with Gasteiger partial charge >= 0.3 is 0 Å². The summed E-state index contributed by atoms with van der Waals surface area (Å²) in [6.07, 6.45) is 0.168. The fraction of sp³-hybridized carbons (Fsp3) is 0.241. The Morgan fingerprint density at radius 1 is 0.784 bits per heavy atom. The first kappa shape index (κ1) is 23.0. The molecule has 0 saturated heterocycles. The molecule has 0 unspecified atom stereocenters. The fourth-order valence-electron chi connectivity index (χ4n) is 4.67. The van der Waals surface area contributed by atoms with Gasteiger partial charge in [-0.3, -0.25) is 9.59 Å². The number of benzene rings is 3. The summed E-state index contributed by atoms with van der Waals surface area (Å²) in [5, 5.41) is 4.10. The first-order chi connectivity index (χ1) is 18.1. The lowest BCUT2D eigenvalue weighted by Crippen LogP contribution is -2.29. The summed E-state index contributed by atoms with van der Waals surface area (Å²) < 4.78 is 24.3. The van der Waals surface area contributed by atoms with E-state index in [2.05, 4.69) is 5.32 Å². The number of carbonyl (C=O) groups is 1. The number of para-hydroxylation sites is 1. The van der Waals surface area contributed by atoms with Crippen molar-refractivity contribution >= 4 is 22.4 Å². The average Bonchev–Trinajstić information content (AvgIpc) is 2.93. The zero-order chi connectivity index (χ0) is 25.2. The van der Waals surface area contributed by atoms with Crippen LogP contribution in [-0.4, -0.2) is 36.8 Å². The molecule has 3 heterocycles. The van der Waals surface area contributed by atoms with Gasteiger partial charge in [0.2, 0.25) is 0 Å². The Morgan fingerprint density at radius 3 is 2.22 bits per heavy atom. The maximum Gasteiger partial charge on any atom is 0.256 e. The number of anilines is 1. The molecule has 0 saturated carbocycles. The Balaban J connectivity index is 1.33. The molecule has 188 valence electrons. The number of nitrogens with zero attached hydrogens (tertiary/aromatic N) is 1. The van der Waals surface area contributed by atoms with Crippen LogP contribution in [0.2, 0.25) is 0 Å². The van der Waals surface area contributed by atoms with Crippen LogP contribution in [0.25, 0.3) is 10.9 Å². The van der Waals surface area contributed by atoms with Crippen LogP contribution in [0.5, 0.6) is 23.0 Å². The summed E-state index contributed by atoms with van der Waals surface area (Å²) in [6.45, 7) is 2.15. The maximum absolute atomic E-state index is 13.6. The van der Waals surface area contributed by atoms with E-state index < -0.39 is 0 Å². The summed E-state index contributed by atoms with van der Waals surface area (Å²) in [7, 11) is 0. The van der Waals surface area contributed by atoms with Crippen LogP contribution in [0.1, 0.15) is 11.1 Å². The van der Waals surface area contributed by atoms with E-state index in [0.717, 1.165) is 16.6 Å². The number of hydrogen-bond donors (Lipinski definition) is 1. The zero-order valence-corrected chi connectivity index (χ0v) is 20.2. The van der Waals surface area contributed by atoms with Crippen LogP contribution in [0.15, 0.2) is 71.5 Å². The second-order valence-electron chi connectivity index (χ2n) is 9.03. The first-order valence-electron chi connectivity index (χ1n) is 12.3. The Morgan fingerprint density at radius 2 is 1.46 bits per heavy atom. The van der Waals surface area contributed by atoms with Crippen molar-refractivity contribution in [3.63, 3.8) is 0 Å². The quantitative estimate of drug-likeness (QED) is 0.413. The monoisotopic (exact) mass is 498 g/mol. The predicted molar refractivity (Wildman–Crippen MR) is 139 cm³/mol. The molecule has 1 N–H and O–H groups in total. The first-order valence-corrected chi connectivity index (χ1v) is 12.3. The largest absolute Gasteiger partial charge is 0.486 e. The van der Waals surface area contributed by atoms with Gasteiger partial charge in [-0.2, -0.15) is 0 Å². The van der Waals surface area contributed by atoms with Gasteiger partial charge in [-0.25, -0.2) is 0 Å². The van der Waals surface area contributed by atoms with Gasteiger partial charge in [0.1, 0.15) is 26.4 Å². The lowest BCUT2D eigenvalue weighted by atomic mass is 10.1. The number of fused-ring (bicyclic) bond motifs is 3. The van der Waals surface area contributed by atoms with E-state index >= 15 is 0 Å². The van der Waals surface area contributed by atoms with Crippen molar-refractivity contribution in [1.29, 1.82) is 0 Å². The molecule has 3 aromatic carbocycles. The lowest BCUT2D eigenvalue weighted by Gasteiger charge is -2.21. The maximum atomic E-state index is 13.6. The molecule has 6 rings (SSSR count). The van der Waals surface area contributed by atoms with Gasteiger partial charge in [0.15, 0.2) is 28.8 Å². The highest BCUT2D eigenvalue weighted by Gasteiger charge is 2.19. The van der Waals surface area contributed by atoms with Gasteiger partial charge in [0.25, 0.3) is 5.56 Å². The molecular weight excluding hydrogens is 472 g/mol. The number of ketones is 1. The van der Waals surface area contributed by atoms with Crippen molar-refractivity contribution < 1.29 is 23.7 Å². The highest BCUT2D eigenvalue weighted by molar-refractivity contribution is 5.87. The normalized spacial score (nSPS) is 13.8. The van der Waals surface area contributed by atoms with Gasteiger partial charge in [-0.15, -0.1) is 0 Å².